The first-order valence-electron chi connectivity index (χ1n) is 9.26. The zero-order chi connectivity index (χ0) is 24.1. The highest BCUT2D eigenvalue weighted by molar-refractivity contribution is 8.03. The fourth-order valence-electron chi connectivity index (χ4n) is 2.78. The average molecular weight is 523 g/mol. The van der Waals surface area contributed by atoms with E-state index in [4.69, 9.17) is 39.9 Å². The second kappa shape index (κ2) is 10.9. The lowest BCUT2D eigenvalue weighted by Gasteiger charge is -2.09. The van der Waals surface area contributed by atoms with Gasteiger partial charge in [0.15, 0.2) is 5.78 Å². The van der Waals surface area contributed by atoms with Gasteiger partial charge in [0, 0.05) is 27.4 Å². The van der Waals surface area contributed by atoms with Gasteiger partial charge in [-0.3, -0.25) is 14.9 Å². The molecule has 0 atom stereocenters. The number of halogens is 3. The van der Waals surface area contributed by atoms with Gasteiger partial charge in [0.25, 0.3) is 5.69 Å². The predicted octanol–water partition coefficient (Wildman–Crippen LogP) is 7.41. The summed E-state index contributed by atoms with van der Waals surface area (Å²) in [7, 11) is 0. The van der Waals surface area contributed by atoms with Crippen molar-refractivity contribution in [3.8, 4) is 0 Å². The van der Waals surface area contributed by atoms with Crippen LogP contribution in [0.4, 0.5) is 5.69 Å². The Hall–Kier alpha value is -2.84. The van der Waals surface area contributed by atoms with Crippen molar-refractivity contribution in [2.24, 2.45) is 0 Å². The molecule has 3 rings (SSSR count). The number of aromatic carboxylic acids is 1. The van der Waals surface area contributed by atoms with Gasteiger partial charge < -0.3 is 5.11 Å². The number of carbonyl (C=O) groups is 2. The SMILES string of the molecule is O=C(O)c1ccc(C(=O)/C(=C\c2ccc(Cl)c([N+](=O)[O-])c2)SCc2ccc(Cl)cc2Cl)cc1. The maximum absolute atomic E-state index is 13.2. The lowest BCUT2D eigenvalue weighted by Crippen LogP contribution is -2.03. The van der Waals surface area contributed by atoms with E-state index in [-0.39, 0.29) is 32.5 Å². The van der Waals surface area contributed by atoms with E-state index < -0.39 is 10.9 Å². The van der Waals surface area contributed by atoms with Crippen molar-refractivity contribution in [1.29, 1.82) is 0 Å². The third-order valence-electron chi connectivity index (χ3n) is 4.48. The zero-order valence-corrected chi connectivity index (χ0v) is 19.7. The lowest BCUT2D eigenvalue weighted by atomic mass is 10.1. The standard InChI is InChI=1S/C23H14Cl3NO5S/c24-17-7-6-16(19(26)11-17)12-33-21(10-13-1-8-18(25)20(9-13)27(31)32)22(28)14-2-4-15(5-3-14)23(29)30/h1-11H,12H2,(H,29,30)/b21-10+. The number of carboxylic acid groups (broad SMARTS) is 1. The van der Waals surface area contributed by atoms with Crippen LogP contribution < -0.4 is 0 Å². The highest BCUT2D eigenvalue weighted by atomic mass is 35.5. The summed E-state index contributed by atoms with van der Waals surface area (Å²) in [6.07, 6.45) is 1.52. The maximum Gasteiger partial charge on any atom is 0.335 e. The van der Waals surface area contributed by atoms with Crippen LogP contribution in [0.1, 0.15) is 31.8 Å². The van der Waals surface area contributed by atoms with Crippen molar-refractivity contribution in [2.75, 3.05) is 0 Å². The number of hydrogen-bond acceptors (Lipinski definition) is 5. The van der Waals surface area contributed by atoms with E-state index in [1.807, 2.05) is 0 Å². The molecule has 0 amide bonds. The number of nitro groups is 1. The minimum Gasteiger partial charge on any atom is -0.478 e. The van der Waals surface area contributed by atoms with Crippen LogP contribution in [0.3, 0.4) is 0 Å². The third-order valence-corrected chi connectivity index (χ3v) is 6.46. The molecule has 168 valence electrons. The number of nitrogens with zero attached hydrogens (tertiary/aromatic N) is 1. The Kier molecular flexibility index (Phi) is 8.15. The largest absolute Gasteiger partial charge is 0.478 e. The Balaban J connectivity index is 1.98. The molecule has 10 heteroatoms. The minimum atomic E-state index is -1.11. The minimum absolute atomic E-state index is 0.0186. The van der Waals surface area contributed by atoms with E-state index in [0.717, 1.165) is 5.56 Å². The number of rotatable bonds is 8. The summed E-state index contributed by atoms with van der Waals surface area (Å²) in [4.78, 5) is 35.2. The third kappa shape index (κ3) is 6.36. The normalized spacial score (nSPS) is 11.3. The lowest BCUT2D eigenvalue weighted by molar-refractivity contribution is -0.384. The summed E-state index contributed by atoms with van der Waals surface area (Å²) in [5.74, 6) is -1.15. The fraction of sp³-hybridized carbons (Fsp3) is 0.0435. The summed E-state index contributed by atoms with van der Waals surface area (Å²) >= 11 is 19.3. The van der Waals surface area contributed by atoms with E-state index in [0.29, 0.717) is 21.4 Å². The molecule has 0 aliphatic heterocycles. The molecule has 0 saturated carbocycles. The molecule has 0 bridgehead atoms. The van der Waals surface area contributed by atoms with Crippen LogP contribution >= 0.6 is 46.6 Å². The second-order valence-corrected chi connectivity index (χ2v) is 8.98. The molecule has 0 aromatic heterocycles. The van der Waals surface area contributed by atoms with Crippen LogP contribution in [0, 0.1) is 10.1 Å². The highest BCUT2D eigenvalue weighted by Crippen LogP contribution is 2.32. The first kappa shape index (κ1) is 24.8. The smallest absolute Gasteiger partial charge is 0.335 e. The Morgan fingerprint density at radius 3 is 2.21 bits per heavy atom. The van der Waals surface area contributed by atoms with E-state index in [1.165, 1.54) is 54.2 Å². The maximum atomic E-state index is 13.2. The van der Waals surface area contributed by atoms with E-state index in [1.54, 1.807) is 24.3 Å². The first-order chi connectivity index (χ1) is 15.7. The molecule has 1 N–H and O–H groups in total. The Labute approximate surface area is 207 Å². The molecule has 0 unspecified atom stereocenters. The van der Waals surface area contributed by atoms with Gasteiger partial charge in [-0.2, -0.15) is 0 Å². The molecule has 0 heterocycles. The van der Waals surface area contributed by atoms with Gasteiger partial charge in [0.1, 0.15) is 5.02 Å². The number of nitro benzene ring substituents is 1. The van der Waals surface area contributed by atoms with E-state index >= 15 is 0 Å². The monoisotopic (exact) mass is 521 g/mol. The average Bonchev–Trinajstić information content (AvgIpc) is 2.78. The van der Waals surface area contributed by atoms with Gasteiger partial charge >= 0.3 is 5.97 Å². The molecule has 3 aromatic carbocycles. The van der Waals surface area contributed by atoms with Crippen LogP contribution in [-0.4, -0.2) is 21.8 Å². The van der Waals surface area contributed by atoms with Gasteiger partial charge in [0.05, 0.1) is 15.4 Å². The van der Waals surface area contributed by atoms with Crippen molar-refractivity contribution >= 4 is 70.1 Å². The summed E-state index contributed by atoms with van der Waals surface area (Å²) < 4.78 is 0. The first-order valence-corrected chi connectivity index (χ1v) is 11.4. The number of carboxylic acids is 1. The molecule has 0 fully saturated rings. The van der Waals surface area contributed by atoms with Crippen LogP contribution in [0.2, 0.25) is 15.1 Å². The molecule has 0 radical (unpaired) electrons. The molecule has 3 aromatic rings. The number of hydrogen-bond donors (Lipinski definition) is 1. The van der Waals surface area contributed by atoms with Crippen LogP contribution in [-0.2, 0) is 5.75 Å². The molecule has 33 heavy (non-hydrogen) atoms. The van der Waals surface area contributed by atoms with Crippen molar-refractivity contribution in [2.45, 2.75) is 5.75 Å². The van der Waals surface area contributed by atoms with Crippen LogP contribution in [0.15, 0.2) is 65.6 Å². The molecular weight excluding hydrogens is 509 g/mol. The number of thioether (sulfide) groups is 1. The van der Waals surface area contributed by atoms with Gasteiger partial charge in [-0.1, -0.05) is 59.1 Å². The molecular formula is C23H14Cl3NO5S. The number of Topliss-reactive ketones (excluding diaryl/α,β-unsaturated/α-hetero) is 1. The fourth-order valence-corrected chi connectivity index (χ4v) is 4.56. The predicted molar refractivity (Wildman–Crippen MR) is 132 cm³/mol. The topological polar surface area (TPSA) is 97.5 Å². The van der Waals surface area contributed by atoms with Gasteiger partial charge in [0.2, 0.25) is 0 Å². The number of ketones is 1. The van der Waals surface area contributed by atoms with E-state index in [9.17, 15) is 19.7 Å². The number of benzene rings is 3. The summed E-state index contributed by atoms with van der Waals surface area (Å²) in [5.41, 5.74) is 1.18. The summed E-state index contributed by atoms with van der Waals surface area (Å²) in [6, 6.07) is 14.7. The molecule has 0 spiro atoms. The quantitative estimate of drug-likeness (QED) is 0.143. The van der Waals surface area contributed by atoms with Gasteiger partial charge in [-0.05, 0) is 47.5 Å². The van der Waals surface area contributed by atoms with Gasteiger partial charge in [-0.25, -0.2) is 4.79 Å². The Morgan fingerprint density at radius 1 is 0.939 bits per heavy atom. The molecule has 0 aliphatic rings. The summed E-state index contributed by atoms with van der Waals surface area (Å²) in [5, 5.41) is 21.2. The zero-order valence-electron chi connectivity index (χ0n) is 16.6. The second-order valence-electron chi connectivity index (χ2n) is 6.71. The van der Waals surface area contributed by atoms with Crippen molar-refractivity contribution in [3.05, 3.63) is 113 Å². The van der Waals surface area contributed by atoms with Crippen LogP contribution in [0.25, 0.3) is 6.08 Å². The highest BCUT2D eigenvalue weighted by Gasteiger charge is 2.17. The number of allylic oxidation sites excluding steroid dienone is 1. The summed E-state index contributed by atoms with van der Waals surface area (Å²) in [6.45, 7) is 0. The van der Waals surface area contributed by atoms with Crippen molar-refractivity contribution in [3.63, 3.8) is 0 Å². The Bertz CT molecular complexity index is 1280. The van der Waals surface area contributed by atoms with Gasteiger partial charge in [-0.15, -0.1) is 11.8 Å². The Morgan fingerprint density at radius 2 is 1.61 bits per heavy atom. The van der Waals surface area contributed by atoms with E-state index in [2.05, 4.69) is 0 Å². The van der Waals surface area contributed by atoms with Crippen LogP contribution in [0.5, 0.6) is 0 Å². The van der Waals surface area contributed by atoms with Crippen molar-refractivity contribution in [1.82, 2.24) is 0 Å². The van der Waals surface area contributed by atoms with Crippen molar-refractivity contribution < 1.29 is 19.6 Å². The number of carbonyl (C=O) groups excluding carboxylic acids is 1. The molecule has 6 nitrogen and oxygen atoms in total. The molecule has 0 aliphatic carbocycles. The molecule has 0 saturated heterocycles.